The minimum Gasteiger partial charge on any atom is -0.396 e. The summed E-state index contributed by atoms with van der Waals surface area (Å²) in [5.41, 5.74) is 0. The van der Waals surface area contributed by atoms with Gasteiger partial charge >= 0.3 is 0 Å². The van der Waals surface area contributed by atoms with Crippen molar-refractivity contribution in [2.24, 2.45) is 0 Å². The average Bonchev–Trinajstić information content (AvgIpc) is 2.79. The Kier molecular flexibility index (Phi) is 8.31. The summed E-state index contributed by atoms with van der Waals surface area (Å²) in [5.74, 6) is -0.305. The summed E-state index contributed by atoms with van der Waals surface area (Å²) >= 11 is 0. The number of ether oxygens (including phenoxy) is 2. The molecular formula is C15H28O3. The summed E-state index contributed by atoms with van der Waals surface area (Å²) in [4.78, 5) is 0. The van der Waals surface area contributed by atoms with Gasteiger partial charge in [-0.05, 0) is 45.4 Å². The van der Waals surface area contributed by atoms with Gasteiger partial charge in [-0.3, -0.25) is 0 Å². The summed E-state index contributed by atoms with van der Waals surface area (Å²) in [6.07, 6.45) is 13.4. The highest BCUT2D eigenvalue weighted by atomic mass is 16.7. The molecule has 0 amide bonds. The number of allylic oxidation sites excluding steroid dienone is 2. The van der Waals surface area contributed by atoms with Crippen LogP contribution in [0.5, 0.6) is 0 Å². The van der Waals surface area contributed by atoms with E-state index in [1.165, 1.54) is 19.3 Å². The van der Waals surface area contributed by atoms with Gasteiger partial charge in [-0.2, -0.15) is 0 Å². The summed E-state index contributed by atoms with van der Waals surface area (Å²) in [6, 6.07) is 0. The lowest BCUT2D eigenvalue weighted by atomic mass is 10.1. The number of hydrogen-bond donors (Lipinski definition) is 1. The Morgan fingerprint density at radius 1 is 0.944 bits per heavy atom. The van der Waals surface area contributed by atoms with Gasteiger partial charge in [-0.15, -0.1) is 0 Å². The van der Waals surface area contributed by atoms with Crippen LogP contribution in [-0.2, 0) is 9.47 Å². The first kappa shape index (κ1) is 15.7. The second-order valence-corrected chi connectivity index (χ2v) is 5.12. The molecule has 1 heterocycles. The van der Waals surface area contributed by atoms with Crippen molar-refractivity contribution >= 4 is 0 Å². The van der Waals surface area contributed by atoms with Crippen LogP contribution in [0.1, 0.15) is 58.3 Å². The highest BCUT2D eigenvalue weighted by molar-refractivity contribution is 4.81. The predicted octanol–water partition coefficient (Wildman–Crippen LogP) is 3.42. The highest BCUT2D eigenvalue weighted by Gasteiger charge is 2.29. The van der Waals surface area contributed by atoms with Crippen LogP contribution in [0, 0.1) is 0 Å². The number of rotatable bonds is 10. The van der Waals surface area contributed by atoms with E-state index >= 15 is 0 Å². The average molecular weight is 256 g/mol. The Hall–Kier alpha value is -0.380. The fourth-order valence-electron chi connectivity index (χ4n) is 2.20. The maximum Gasteiger partial charge on any atom is 0.165 e. The van der Waals surface area contributed by atoms with E-state index in [0.717, 1.165) is 45.3 Å². The molecule has 0 aromatic rings. The molecule has 0 atom stereocenters. The Bertz CT molecular complexity index is 220. The van der Waals surface area contributed by atoms with Gasteiger partial charge in [0.05, 0.1) is 13.2 Å². The fraction of sp³-hybridized carbons (Fsp3) is 0.867. The van der Waals surface area contributed by atoms with E-state index in [2.05, 4.69) is 12.2 Å². The van der Waals surface area contributed by atoms with Gasteiger partial charge in [0.2, 0.25) is 0 Å². The van der Waals surface area contributed by atoms with Gasteiger partial charge in [0, 0.05) is 13.0 Å². The molecule has 1 saturated heterocycles. The topological polar surface area (TPSA) is 38.7 Å². The monoisotopic (exact) mass is 256 g/mol. The van der Waals surface area contributed by atoms with Crippen LogP contribution in [0.25, 0.3) is 0 Å². The third-order valence-corrected chi connectivity index (χ3v) is 3.35. The fourth-order valence-corrected chi connectivity index (χ4v) is 2.20. The zero-order valence-electron chi connectivity index (χ0n) is 11.7. The lowest BCUT2D eigenvalue weighted by Crippen LogP contribution is -2.24. The Morgan fingerprint density at radius 2 is 1.56 bits per heavy atom. The first-order valence-electron chi connectivity index (χ1n) is 7.31. The third kappa shape index (κ3) is 7.14. The zero-order valence-corrected chi connectivity index (χ0v) is 11.7. The number of aliphatic hydroxyl groups is 1. The zero-order chi connectivity index (χ0) is 13.1. The van der Waals surface area contributed by atoms with Crippen LogP contribution in [0.2, 0.25) is 0 Å². The molecule has 1 N–H and O–H groups in total. The van der Waals surface area contributed by atoms with E-state index in [0.29, 0.717) is 6.61 Å². The molecule has 3 heteroatoms. The maximum atomic E-state index is 8.63. The molecule has 0 aliphatic carbocycles. The Balaban J connectivity index is 1.86. The molecule has 0 bridgehead atoms. The van der Waals surface area contributed by atoms with E-state index in [1.54, 1.807) is 0 Å². The van der Waals surface area contributed by atoms with E-state index in [1.807, 2.05) is 6.92 Å². The molecule has 0 spiro atoms. The summed E-state index contributed by atoms with van der Waals surface area (Å²) < 4.78 is 11.1. The molecule has 0 aromatic heterocycles. The molecule has 1 rings (SSSR count). The standard InChI is InChI=1S/C15H28O3/c1-15(17-13-14-18-15)11-9-7-5-3-2-4-6-8-10-12-16/h2,4,16H,3,5-14H2,1H3. The lowest BCUT2D eigenvalue weighted by molar-refractivity contribution is -0.147. The van der Waals surface area contributed by atoms with Crippen LogP contribution in [0.3, 0.4) is 0 Å². The van der Waals surface area contributed by atoms with Gasteiger partial charge < -0.3 is 14.6 Å². The first-order chi connectivity index (χ1) is 8.77. The molecule has 1 fully saturated rings. The molecule has 1 aliphatic heterocycles. The minimum absolute atomic E-state index is 0.305. The van der Waals surface area contributed by atoms with Gasteiger partial charge in [-0.25, -0.2) is 0 Å². The largest absolute Gasteiger partial charge is 0.396 e. The molecule has 1 aliphatic rings. The Morgan fingerprint density at radius 3 is 2.17 bits per heavy atom. The normalized spacial score (nSPS) is 18.8. The number of aliphatic hydroxyl groups excluding tert-OH is 1. The lowest BCUT2D eigenvalue weighted by Gasteiger charge is -2.21. The first-order valence-corrected chi connectivity index (χ1v) is 7.31. The van der Waals surface area contributed by atoms with E-state index in [4.69, 9.17) is 14.6 Å². The van der Waals surface area contributed by atoms with Crippen molar-refractivity contribution < 1.29 is 14.6 Å². The molecule has 106 valence electrons. The number of unbranched alkanes of at least 4 members (excludes halogenated alkanes) is 5. The van der Waals surface area contributed by atoms with Gasteiger partial charge in [0.1, 0.15) is 0 Å². The van der Waals surface area contributed by atoms with Gasteiger partial charge in [0.15, 0.2) is 5.79 Å². The maximum absolute atomic E-state index is 8.63. The van der Waals surface area contributed by atoms with Crippen LogP contribution in [-0.4, -0.2) is 30.7 Å². The Labute approximate surface area is 111 Å². The van der Waals surface area contributed by atoms with Crippen molar-refractivity contribution in [1.82, 2.24) is 0 Å². The van der Waals surface area contributed by atoms with Crippen molar-refractivity contribution in [3.63, 3.8) is 0 Å². The van der Waals surface area contributed by atoms with Crippen LogP contribution in [0.15, 0.2) is 12.2 Å². The van der Waals surface area contributed by atoms with Gasteiger partial charge in [0.25, 0.3) is 0 Å². The summed E-state index contributed by atoms with van der Waals surface area (Å²) in [6.45, 7) is 3.85. The second kappa shape index (κ2) is 9.54. The van der Waals surface area contributed by atoms with Crippen molar-refractivity contribution in [3.05, 3.63) is 12.2 Å². The molecular weight excluding hydrogens is 228 g/mol. The van der Waals surface area contributed by atoms with Crippen molar-refractivity contribution in [2.75, 3.05) is 19.8 Å². The highest BCUT2D eigenvalue weighted by Crippen LogP contribution is 2.25. The number of hydrogen-bond acceptors (Lipinski definition) is 3. The van der Waals surface area contributed by atoms with Gasteiger partial charge in [-0.1, -0.05) is 18.6 Å². The predicted molar refractivity (Wildman–Crippen MR) is 73.5 cm³/mol. The second-order valence-electron chi connectivity index (χ2n) is 5.12. The molecule has 0 unspecified atom stereocenters. The summed E-state index contributed by atoms with van der Waals surface area (Å²) in [7, 11) is 0. The minimum atomic E-state index is -0.305. The summed E-state index contributed by atoms with van der Waals surface area (Å²) in [5, 5.41) is 8.63. The molecule has 3 nitrogen and oxygen atoms in total. The van der Waals surface area contributed by atoms with Crippen LogP contribution >= 0.6 is 0 Å². The van der Waals surface area contributed by atoms with E-state index in [9.17, 15) is 0 Å². The SMILES string of the molecule is CC1(CCCCCC=CCCCCO)OCCO1. The smallest absolute Gasteiger partial charge is 0.165 e. The quantitative estimate of drug-likeness (QED) is 0.481. The third-order valence-electron chi connectivity index (χ3n) is 3.35. The van der Waals surface area contributed by atoms with E-state index in [-0.39, 0.29) is 5.79 Å². The molecule has 18 heavy (non-hydrogen) atoms. The van der Waals surface area contributed by atoms with Crippen molar-refractivity contribution in [3.8, 4) is 0 Å². The van der Waals surface area contributed by atoms with Crippen molar-refractivity contribution in [1.29, 1.82) is 0 Å². The molecule has 0 saturated carbocycles. The van der Waals surface area contributed by atoms with E-state index < -0.39 is 0 Å². The van der Waals surface area contributed by atoms with Crippen molar-refractivity contribution in [2.45, 2.75) is 64.1 Å². The van der Waals surface area contributed by atoms with Crippen LogP contribution in [0.4, 0.5) is 0 Å². The molecule has 0 radical (unpaired) electrons. The van der Waals surface area contributed by atoms with Crippen LogP contribution < -0.4 is 0 Å². The molecule has 0 aromatic carbocycles.